The Labute approximate surface area is 181 Å². The van der Waals surface area contributed by atoms with Crippen molar-refractivity contribution in [3.8, 4) is 0 Å². The fraction of sp³-hybridized carbons (Fsp3) is 0.960. The quantitative estimate of drug-likeness (QED) is 0.603. The molecule has 172 valence electrons. The average Bonchev–Trinajstić information content (AvgIpc) is 3.06. The topological polar surface area (TPSA) is 87.0 Å². The second-order valence-electron chi connectivity index (χ2n) is 11.6. The predicted molar refractivity (Wildman–Crippen MR) is 114 cm³/mol. The van der Waals surface area contributed by atoms with Crippen molar-refractivity contribution in [2.75, 3.05) is 7.11 Å². The molecule has 5 nitrogen and oxygen atoms in total. The number of carbonyl (C=O) groups is 1. The molecule has 4 aliphatic rings. The number of fused-ring (bicyclic) bond motifs is 5. The highest BCUT2D eigenvalue weighted by molar-refractivity contribution is 5.69. The van der Waals surface area contributed by atoms with Crippen LogP contribution in [0.4, 0.5) is 0 Å². The van der Waals surface area contributed by atoms with Crippen LogP contribution in [0, 0.1) is 46.3 Å². The minimum absolute atomic E-state index is 0.111. The molecule has 0 spiro atoms. The average molecular weight is 423 g/mol. The number of hydrogen-bond acceptors (Lipinski definition) is 5. The van der Waals surface area contributed by atoms with Gasteiger partial charge in [0.05, 0.1) is 25.4 Å². The fourth-order valence-electron chi connectivity index (χ4n) is 8.78. The molecule has 4 rings (SSSR count). The van der Waals surface area contributed by atoms with Crippen LogP contribution >= 0.6 is 0 Å². The van der Waals surface area contributed by atoms with Gasteiger partial charge in [0.25, 0.3) is 0 Å². The zero-order chi connectivity index (χ0) is 21.8. The van der Waals surface area contributed by atoms with Crippen molar-refractivity contribution >= 4 is 5.97 Å². The summed E-state index contributed by atoms with van der Waals surface area (Å²) in [5.41, 5.74) is -0.0882. The van der Waals surface area contributed by atoms with Gasteiger partial charge in [-0.05, 0) is 97.7 Å². The highest BCUT2D eigenvalue weighted by atomic mass is 16.5. The molecule has 3 N–H and O–H groups in total. The molecular formula is C25H42O5. The molecule has 0 radical (unpaired) electrons. The van der Waals surface area contributed by atoms with Crippen LogP contribution in [0.15, 0.2) is 0 Å². The van der Waals surface area contributed by atoms with Gasteiger partial charge in [-0.2, -0.15) is 0 Å². The molecular weight excluding hydrogens is 380 g/mol. The Morgan fingerprint density at radius 1 is 1.07 bits per heavy atom. The van der Waals surface area contributed by atoms with Gasteiger partial charge in [0.15, 0.2) is 0 Å². The molecule has 0 heterocycles. The highest BCUT2D eigenvalue weighted by Crippen LogP contribution is 2.68. The van der Waals surface area contributed by atoms with E-state index in [4.69, 9.17) is 4.74 Å². The number of ether oxygens (including phenoxy) is 1. The Balaban J connectivity index is 1.58. The number of esters is 1. The van der Waals surface area contributed by atoms with Crippen LogP contribution in [0.2, 0.25) is 0 Å². The van der Waals surface area contributed by atoms with Crippen molar-refractivity contribution in [2.24, 2.45) is 46.3 Å². The van der Waals surface area contributed by atoms with Crippen molar-refractivity contribution in [2.45, 2.75) is 96.9 Å². The van der Waals surface area contributed by atoms with E-state index in [2.05, 4.69) is 20.8 Å². The predicted octanol–water partition coefficient (Wildman–Crippen LogP) is 3.54. The van der Waals surface area contributed by atoms with Gasteiger partial charge in [-0.25, -0.2) is 0 Å². The monoisotopic (exact) mass is 422 g/mol. The summed E-state index contributed by atoms with van der Waals surface area (Å²) in [4.78, 5) is 11.7. The zero-order valence-corrected chi connectivity index (χ0v) is 19.2. The second kappa shape index (κ2) is 8.04. The van der Waals surface area contributed by atoms with Gasteiger partial charge in [0.1, 0.15) is 0 Å². The third kappa shape index (κ3) is 3.34. The summed E-state index contributed by atoms with van der Waals surface area (Å²) in [5.74, 6) is 1.81. The summed E-state index contributed by atoms with van der Waals surface area (Å²) < 4.78 is 4.83. The van der Waals surface area contributed by atoms with Crippen LogP contribution in [-0.4, -0.2) is 46.7 Å². The number of hydrogen-bond donors (Lipinski definition) is 3. The SMILES string of the molecule is COC(=O)CC[C@H](C)[C@H]1CC[C@H]2[C@@H]3[C@H](O)C[C@H]4C[C@H](O)CC[C@]4(C)[C@H]3C[C@H](O)[C@]12C. The van der Waals surface area contributed by atoms with Gasteiger partial charge in [-0.15, -0.1) is 0 Å². The molecule has 0 saturated heterocycles. The molecule has 30 heavy (non-hydrogen) atoms. The lowest BCUT2D eigenvalue weighted by Gasteiger charge is -2.63. The third-order valence-electron chi connectivity index (χ3n) is 10.6. The van der Waals surface area contributed by atoms with Gasteiger partial charge in [0, 0.05) is 6.42 Å². The molecule has 0 aliphatic heterocycles. The maximum atomic E-state index is 11.7. The Hall–Kier alpha value is -0.650. The Morgan fingerprint density at radius 2 is 1.80 bits per heavy atom. The normalized spacial score (nSPS) is 51.4. The molecule has 4 aliphatic carbocycles. The Bertz CT molecular complexity index is 651. The van der Waals surface area contributed by atoms with Crippen LogP contribution < -0.4 is 0 Å². The van der Waals surface area contributed by atoms with Crippen LogP contribution in [-0.2, 0) is 9.53 Å². The van der Waals surface area contributed by atoms with Crippen LogP contribution in [0.5, 0.6) is 0 Å². The van der Waals surface area contributed by atoms with Crippen LogP contribution in [0.25, 0.3) is 0 Å². The van der Waals surface area contributed by atoms with E-state index in [1.165, 1.54) is 7.11 Å². The van der Waals surface area contributed by atoms with E-state index < -0.39 is 0 Å². The summed E-state index contributed by atoms with van der Waals surface area (Å²) in [6, 6.07) is 0. The van der Waals surface area contributed by atoms with Crippen molar-refractivity contribution in [3.63, 3.8) is 0 Å². The van der Waals surface area contributed by atoms with E-state index in [0.29, 0.717) is 36.0 Å². The molecule has 0 amide bonds. The number of aliphatic hydroxyl groups is 3. The highest BCUT2D eigenvalue weighted by Gasteiger charge is 2.65. The minimum atomic E-state index is -0.369. The van der Waals surface area contributed by atoms with Gasteiger partial charge in [-0.1, -0.05) is 20.8 Å². The van der Waals surface area contributed by atoms with E-state index in [-0.39, 0.29) is 41.0 Å². The summed E-state index contributed by atoms with van der Waals surface area (Å²) in [7, 11) is 1.44. The van der Waals surface area contributed by atoms with Gasteiger partial charge in [0.2, 0.25) is 0 Å². The molecule has 0 unspecified atom stereocenters. The molecule has 4 fully saturated rings. The number of methoxy groups -OCH3 is 1. The lowest BCUT2D eigenvalue weighted by atomic mass is 9.43. The first-order valence-corrected chi connectivity index (χ1v) is 12.2. The molecule has 0 aromatic rings. The van der Waals surface area contributed by atoms with E-state index in [9.17, 15) is 20.1 Å². The summed E-state index contributed by atoms with van der Waals surface area (Å²) >= 11 is 0. The van der Waals surface area contributed by atoms with Crippen molar-refractivity contribution in [1.29, 1.82) is 0 Å². The van der Waals surface area contributed by atoms with Crippen LogP contribution in [0.1, 0.15) is 78.6 Å². The zero-order valence-electron chi connectivity index (χ0n) is 19.2. The first kappa shape index (κ1) is 22.5. The lowest BCUT2D eigenvalue weighted by molar-refractivity contribution is -0.207. The number of rotatable bonds is 4. The smallest absolute Gasteiger partial charge is 0.305 e. The standard InChI is InChI=1S/C25H42O5/c1-14(5-8-22(29)30-4)17-6-7-18-23-19(13-21(28)25(17,18)3)24(2)10-9-16(26)11-15(24)12-20(23)27/h14-21,23,26-28H,5-13H2,1-4H3/t14-,15+,16+,17+,18-,19-,20+,21-,23-,24-,25+/m0/s1. The summed E-state index contributed by atoms with van der Waals surface area (Å²) in [6.45, 7) is 6.85. The molecule has 0 aromatic heterocycles. The summed E-state index contributed by atoms with van der Waals surface area (Å²) in [6.07, 6.45) is 6.60. The second-order valence-corrected chi connectivity index (χ2v) is 11.6. The molecule has 4 saturated carbocycles. The Kier molecular flexibility index (Phi) is 6.04. The summed E-state index contributed by atoms with van der Waals surface area (Å²) in [5, 5.41) is 33.1. The number of carbonyl (C=O) groups excluding carboxylic acids is 1. The van der Waals surface area contributed by atoms with Gasteiger partial charge < -0.3 is 20.1 Å². The molecule has 5 heteroatoms. The van der Waals surface area contributed by atoms with Crippen molar-refractivity contribution in [1.82, 2.24) is 0 Å². The molecule has 11 atom stereocenters. The molecule has 0 aromatic carbocycles. The van der Waals surface area contributed by atoms with E-state index >= 15 is 0 Å². The maximum Gasteiger partial charge on any atom is 0.305 e. The molecule has 0 bridgehead atoms. The van der Waals surface area contributed by atoms with Gasteiger partial charge in [-0.3, -0.25) is 4.79 Å². The first-order valence-electron chi connectivity index (χ1n) is 12.2. The van der Waals surface area contributed by atoms with Gasteiger partial charge >= 0.3 is 5.97 Å². The van der Waals surface area contributed by atoms with Crippen molar-refractivity contribution < 1.29 is 24.9 Å². The van der Waals surface area contributed by atoms with Crippen molar-refractivity contribution in [3.05, 3.63) is 0 Å². The third-order valence-corrected chi connectivity index (χ3v) is 10.6. The van der Waals surface area contributed by atoms with E-state index in [0.717, 1.165) is 51.4 Å². The largest absolute Gasteiger partial charge is 0.469 e. The Morgan fingerprint density at radius 3 is 2.50 bits per heavy atom. The lowest BCUT2D eigenvalue weighted by Crippen LogP contribution is -2.62. The number of aliphatic hydroxyl groups excluding tert-OH is 3. The minimum Gasteiger partial charge on any atom is -0.469 e. The van der Waals surface area contributed by atoms with E-state index in [1.54, 1.807) is 0 Å². The maximum absolute atomic E-state index is 11.7. The van der Waals surface area contributed by atoms with E-state index in [1.807, 2.05) is 0 Å². The first-order chi connectivity index (χ1) is 14.1. The fourth-order valence-corrected chi connectivity index (χ4v) is 8.78. The van der Waals surface area contributed by atoms with Crippen LogP contribution in [0.3, 0.4) is 0 Å².